The normalized spacial score (nSPS) is 11.0. The minimum Gasteiger partial charge on any atom is -0.398 e. The van der Waals surface area contributed by atoms with E-state index in [4.69, 9.17) is 5.73 Å². The van der Waals surface area contributed by atoms with E-state index in [0.29, 0.717) is 11.1 Å². The van der Waals surface area contributed by atoms with Crippen LogP contribution >= 0.6 is 0 Å². The first kappa shape index (κ1) is 8.97. The summed E-state index contributed by atoms with van der Waals surface area (Å²) in [5.41, 5.74) is 7.34. The molecule has 3 aromatic rings. The maximum atomic E-state index is 11.9. The van der Waals surface area contributed by atoms with Gasteiger partial charge in [0.25, 0.3) is 0 Å². The van der Waals surface area contributed by atoms with Crippen molar-refractivity contribution >= 4 is 27.4 Å². The third-order valence-corrected chi connectivity index (χ3v) is 2.81. The number of fused-ring (bicyclic) bond motifs is 3. The number of rotatable bonds is 0. The minimum atomic E-state index is -0.00255. The minimum absolute atomic E-state index is 0.00255. The lowest BCUT2D eigenvalue weighted by molar-refractivity contribution is 1.42. The van der Waals surface area contributed by atoms with Crippen molar-refractivity contribution in [3.8, 4) is 0 Å². The summed E-state index contributed by atoms with van der Waals surface area (Å²) < 4.78 is 0. The lowest BCUT2D eigenvalue weighted by Gasteiger charge is -2.04. The summed E-state index contributed by atoms with van der Waals surface area (Å²) in [5.74, 6) is 0. The molecule has 1 heterocycles. The molecule has 0 bridgehead atoms. The highest BCUT2D eigenvalue weighted by Crippen LogP contribution is 2.24. The fourth-order valence-electron chi connectivity index (χ4n) is 2.03. The Morgan fingerprint density at radius 1 is 1.06 bits per heavy atom. The average molecular weight is 210 g/mol. The Balaban J connectivity index is 2.70. The van der Waals surface area contributed by atoms with Crippen molar-refractivity contribution in [1.29, 1.82) is 0 Å². The van der Waals surface area contributed by atoms with Crippen LogP contribution in [-0.2, 0) is 0 Å². The van der Waals surface area contributed by atoms with E-state index in [1.165, 1.54) is 6.07 Å². The van der Waals surface area contributed by atoms with Crippen LogP contribution in [0.15, 0.2) is 47.4 Å². The Morgan fingerprint density at radius 3 is 2.81 bits per heavy atom. The zero-order valence-electron chi connectivity index (χ0n) is 8.53. The fourth-order valence-corrected chi connectivity index (χ4v) is 2.03. The first-order chi connectivity index (χ1) is 7.77. The second-order valence-corrected chi connectivity index (χ2v) is 3.78. The quantitative estimate of drug-likeness (QED) is 0.441. The number of aromatic amines is 1. The number of nitrogen functional groups attached to an aromatic ring is 1. The van der Waals surface area contributed by atoms with Crippen molar-refractivity contribution in [2.75, 3.05) is 5.73 Å². The molecule has 0 amide bonds. The number of H-pyrrole nitrogens is 1. The van der Waals surface area contributed by atoms with Crippen LogP contribution in [0.3, 0.4) is 0 Å². The molecule has 78 valence electrons. The number of hydrogen-bond donors (Lipinski definition) is 2. The first-order valence-corrected chi connectivity index (χ1v) is 5.06. The van der Waals surface area contributed by atoms with Crippen molar-refractivity contribution < 1.29 is 0 Å². The highest BCUT2D eigenvalue weighted by atomic mass is 16.1. The zero-order valence-corrected chi connectivity index (χ0v) is 8.53. The molecule has 0 spiro atoms. The van der Waals surface area contributed by atoms with Crippen molar-refractivity contribution in [1.82, 2.24) is 4.98 Å². The van der Waals surface area contributed by atoms with Gasteiger partial charge in [-0.25, -0.2) is 0 Å². The maximum absolute atomic E-state index is 11.9. The molecule has 0 aliphatic carbocycles. The van der Waals surface area contributed by atoms with Gasteiger partial charge in [-0.3, -0.25) is 4.79 Å². The van der Waals surface area contributed by atoms with Crippen LogP contribution in [0, 0.1) is 0 Å². The van der Waals surface area contributed by atoms with E-state index in [0.717, 1.165) is 16.3 Å². The molecule has 3 rings (SSSR count). The van der Waals surface area contributed by atoms with E-state index < -0.39 is 0 Å². The number of nitrogens with two attached hydrogens (primary N) is 1. The summed E-state index contributed by atoms with van der Waals surface area (Å²) in [6.07, 6.45) is 1.81. The molecule has 0 saturated heterocycles. The molecule has 3 heteroatoms. The van der Waals surface area contributed by atoms with E-state index in [1.807, 2.05) is 30.5 Å². The Morgan fingerprint density at radius 2 is 1.94 bits per heavy atom. The van der Waals surface area contributed by atoms with Gasteiger partial charge < -0.3 is 10.7 Å². The zero-order chi connectivity index (χ0) is 11.1. The van der Waals surface area contributed by atoms with Crippen molar-refractivity contribution in [2.45, 2.75) is 0 Å². The fraction of sp³-hybridized carbons (Fsp3) is 0. The van der Waals surface area contributed by atoms with E-state index in [9.17, 15) is 4.79 Å². The highest BCUT2D eigenvalue weighted by molar-refractivity contribution is 6.08. The maximum Gasteiger partial charge on any atom is 0.188 e. The van der Waals surface area contributed by atoms with Gasteiger partial charge in [-0.05, 0) is 23.6 Å². The molecule has 0 saturated carbocycles. The molecule has 2 aromatic carbocycles. The molecule has 0 radical (unpaired) electrons. The van der Waals surface area contributed by atoms with Crippen molar-refractivity contribution in [3.63, 3.8) is 0 Å². The lowest BCUT2D eigenvalue weighted by atomic mass is 10.0. The standard InChI is InChI=1S/C13H10N2O/c14-10-5-6-11(16)12-9(10)4-3-8-2-1-7-15-13(8)12/h1-7,15H,14H2. The molecular formula is C13H10N2O. The molecule has 0 aliphatic heterocycles. The summed E-state index contributed by atoms with van der Waals surface area (Å²) in [4.78, 5) is 15.0. The monoisotopic (exact) mass is 210 g/mol. The van der Waals surface area contributed by atoms with Gasteiger partial charge in [-0.1, -0.05) is 18.2 Å². The number of aromatic nitrogens is 1. The van der Waals surface area contributed by atoms with Crippen LogP contribution in [0.1, 0.15) is 0 Å². The topological polar surface area (TPSA) is 58.9 Å². The predicted octanol–water partition coefficient (Wildman–Crippen LogP) is 2.26. The van der Waals surface area contributed by atoms with Crippen LogP contribution in [-0.4, -0.2) is 4.98 Å². The summed E-state index contributed by atoms with van der Waals surface area (Å²) in [6.45, 7) is 0. The smallest absolute Gasteiger partial charge is 0.188 e. The second kappa shape index (κ2) is 3.10. The van der Waals surface area contributed by atoms with Gasteiger partial charge in [0.2, 0.25) is 0 Å². The molecular weight excluding hydrogens is 200 g/mol. The lowest BCUT2D eigenvalue weighted by Crippen LogP contribution is -2.02. The predicted molar refractivity (Wildman–Crippen MR) is 66.5 cm³/mol. The van der Waals surface area contributed by atoms with Gasteiger partial charge >= 0.3 is 0 Å². The van der Waals surface area contributed by atoms with Gasteiger partial charge in [0.15, 0.2) is 5.43 Å². The van der Waals surface area contributed by atoms with Crippen LogP contribution in [0.2, 0.25) is 0 Å². The number of benzene rings is 2. The molecule has 1 aromatic heterocycles. The van der Waals surface area contributed by atoms with Crippen LogP contribution < -0.4 is 11.2 Å². The van der Waals surface area contributed by atoms with E-state index in [2.05, 4.69) is 4.98 Å². The Kier molecular flexibility index (Phi) is 1.74. The summed E-state index contributed by atoms with van der Waals surface area (Å²) in [6, 6.07) is 10.9. The Hall–Kier alpha value is -2.29. The third-order valence-electron chi connectivity index (χ3n) is 2.81. The summed E-state index contributed by atoms with van der Waals surface area (Å²) in [5, 5.41) is 2.48. The van der Waals surface area contributed by atoms with Crippen molar-refractivity contribution in [2.24, 2.45) is 0 Å². The number of anilines is 1. The molecule has 16 heavy (non-hydrogen) atoms. The SMILES string of the molecule is Nc1ccc(=O)c2c1ccc1ccc[nH]c12. The van der Waals surface area contributed by atoms with E-state index >= 15 is 0 Å². The molecule has 3 N–H and O–H groups in total. The molecule has 0 atom stereocenters. The summed E-state index contributed by atoms with van der Waals surface area (Å²) >= 11 is 0. The highest BCUT2D eigenvalue weighted by Gasteiger charge is 2.05. The van der Waals surface area contributed by atoms with Gasteiger partial charge in [-0.2, -0.15) is 0 Å². The molecule has 0 unspecified atom stereocenters. The first-order valence-electron chi connectivity index (χ1n) is 5.06. The number of pyridine rings is 1. The van der Waals surface area contributed by atoms with Gasteiger partial charge in [0.05, 0.1) is 10.9 Å². The van der Waals surface area contributed by atoms with Gasteiger partial charge in [0, 0.05) is 17.3 Å². The molecule has 3 nitrogen and oxygen atoms in total. The van der Waals surface area contributed by atoms with Crippen LogP contribution in [0.5, 0.6) is 0 Å². The van der Waals surface area contributed by atoms with E-state index in [1.54, 1.807) is 6.07 Å². The Labute approximate surface area is 91.5 Å². The van der Waals surface area contributed by atoms with Crippen LogP contribution in [0.4, 0.5) is 5.69 Å². The number of hydrogen-bond acceptors (Lipinski definition) is 2. The third kappa shape index (κ3) is 1.11. The van der Waals surface area contributed by atoms with Crippen molar-refractivity contribution in [3.05, 3.63) is 52.8 Å². The van der Waals surface area contributed by atoms with Gasteiger partial charge in [0.1, 0.15) is 0 Å². The summed E-state index contributed by atoms with van der Waals surface area (Å²) in [7, 11) is 0. The Bertz CT molecular complexity index is 744. The van der Waals surface area contributed by atoms with E-state index in [-0.39, 0.29) is 5.43 Å². The van der Waals surface area contributed by atoms with Gasteiger partial charge in [-0.15, -0.1) is 0 Å². The average Bonchev–Trinajstić information content (AvgIpc) is 2.33. The molecule has 0 aliphatic rings. The second-order valence-electron chi connectivity index (χ2n) is 3.78. The molecule has 0 fully saturated rings. The van der Waals surface area contributed by atoms with Crippen LogP contribution in [0.25, 0.3) is 21.7 Å². The number of nitrogens with one attached hydrogen (secondary N) is 1. The largest absolute Gasteiger partial charge is 0.398 e.